The molecule has 3 saturated heterocycles. The van der Waals surface area contributed by atoms with E-state index < -0.39 is 30.2 Å². The first kappa shape index (κ1) is 30.1. The highest BCUT2D eigenvalue weighted by molar-refractivity contribution is 5.90. The fourth-order valence-electron chi connectivity index (χ4n) is 6.21. The third kappa shape index (κ3) is 7.23. The predicted octanol–water partition coefficient (Wildman–Crippen LogP) is 4.08. The number of hydrogen-bond donors (Lipinski definition) is 1. The second kappa shape index (κ2) is 13.4. The van der Waals surface area contributed by atoms with Crippen molar-refractivity contribution in [2.75, 3.05) is 26.3 Å². The number of cyclic esters (lactones) is 1. The Hall–Kier alpha value is -3.92. The first-order chi connectivity index (χ1) is 21.3. The molecule has 2 amide bonds. The maximum Gasteiger partial charge on any atom is 0.338 e. The molecule has 234 valence electrons. The third-order valence-electron chi connectivity index (χ3n) is 8.88. The van der Waals surface area contributed by atoms with E-state index in [-0.39, 0.29) is 36.9 Å². The summed E-state index contributed by atoms with van der Waals surface area (Å²) in [5, 5.41) is 3.08. The van der Waals surface area contributed by atoms with Crippen molar-refractivity contribution in [1.29, 1.82) is 0 Å². The molecule has 4 fully saturated rings. The lowest BCUT2D eigenvalue weighted by atomic mass is 10.00. The summed E-state index contributed by atoms with van der Waals surface area (Å²) in [6, 6.07) is 14.8. The van der Waals surface area contributed by atoms with E-state index >= 15 is 0 Å². The van der Waals surface area contributed by atoms with Gasteiger partial charge in [-0.15, -0.1) is 0 Å². The zero-order valence-corrected chi connectivity index (χ0v) is 25.1. The van der Waals surface area contributed by atoms with Gasteiger partial charge in [-0.2, -0.15) is 0 Å². The van der Waals surface area contributed by atoms with Crippen LogP contribution < -0.4 is 10.1 Å². The molecule has 3 aliphatic heterocycles. The van der Waals surface area contributed by atoms with Crippen LogP contribution in [0.3, 0.4) is 0 Å². The molecule has 1 N–H and O–H groups in total. The minimum atomic E-state index is -0.473. The number of carbonyl (C=O) groups excluding carboxylic acids is 4. The molecule has 0 radical (unpaired) electrons. The molecule has 0 aromatic heterocycles. The average molecular weight is 605 g/mol. The Bertz CT molecular complexity index is 1350. The molecular formula is C34H40N2O8. The van der Waals surface area contributed by atoms with Gasteiger partial charge in [-0.3, -0.25) is 14.4 Å². The van der Waals surface area contributed by atoms with Crippen molar-refractivity contribution >= 4 is 23.8 Å². The third-order valence-corrected chi connectivity index (χ3v) is 8.88. The highest BCUT2D eigenvalue weighted by Crippen LogP contribution is 2.40. The van der Waals surface area contributed by atoms with Crippen LogP contribution in [0.2, 0.25) is 0 Å². The van der Waals surface area contributed by atoms with Gasteiger partial charge in [-0.05, 0) is 86.8 Å². The molecule has 2 aromatic rings. The highest BCUT2D eigenvalue weighted by atomic mass is 16.5. The van der Waals surface area contributed by atoms with E-state index in [4.69, 9.17) is 18.9 Å². The van der Waals surface area contributed by atoms with Crippen molar-refractivity contribution in [1.82, 2.24) is 10.2 Å². The van der Waals surface area contributed by atoms with Crippen LogP contribution in [0.1, 0.15) is 85.4 Å². The fourth-order valence-corrected chi connectivity index (χ4v) is 6.21. The number of hydrogen-bond acceptors (Lipinski definition) is 8. The Kier molecular flexibility index (Phi) is 9.16. The molecule has 4 aliphatic rings. The lowest BCUT2D eigenvalue weighted by Crippen LogP contribution is -2.46. The van der Waals surface area contributed by atoms with Crippen LogP contribution in [0.4, 0.5) is 0 Å². The van der Waals surface area contributed by atoms with E-state index in [0.29, 0.717) is 56.2 Å². The lowest BCUT2D eigenvalue weighted by molar-refractivity contribution is -0.139. The summed E-state index contributed by atoms with van der Waals surface area (Å²) in [5.74, 6) is -0.362. The molecule has 10 nitrogen and oxygen atoms in total. The Morgan fingerprint density at radius 2 is 1.75 bits per heavy atom. The summed E-state index contributed by atoms with van der Waals surface area (Å²) in [6.45, 7) is 3.50. The van der Waals surface area contributed by atoms with E-state index in [1.54, 1.807) is 29.2 Å². The van der Waals surface area contributed by atoms with Gasteiger partial charge in [-0.1, -0.05) is 24.3 Å². The van der Waals surface area contributed by atoms with Crippen molar-refractivity contribution in [3.8, 4) is 5.75 Å². The average Bonchev–Trinajstić information content (AvgIpc) is 3.55. The summed E-state index contributed by atoms with van der Waals surface area (Å²) >= 11 is 0. The molecule has 3 heterocycles. The molecule has 1 aliphatic carbocycles. The van der Waals surface area contributed by atoms with Gasteiger partial charge in [0.15, 0.2) is 0 Å². The molecule has 0 spiro atoms. The largest absolute Gasteiger partial charge is 0.484 e. The van der Waals surface area contributed by atoms with Gasteiger partial charge >= 0.3 is 11.9 Å². The molecule has 1 saturated carbocycles. The number of rotatable bonds is 10. The number of esters is 2. The summed E-state index contributed by atoms with van der Waals surface area (Å²) in [4.78, 5) is 51.7. The van der Waals surface area contributed by atoms with E-state index in [1.165, 1.54) is 18.4 Å². The van der Waals surface area contributed by atoms with Gasteiger partial charge in [0.05, 0.1) is 30.5 Å². The van der Waals surface area contributed by atoms with Gasteiger partial charge < -0.3 is 29.2 Å². The highest BCUT2D eigenvalue weighted by Gasteiger charge is 2.36. The molecule has 6 rings (SSSR count). The molecule has 2 aromatic carbocycles. The number of likely N-dealkylation sites (tertiary alicyclic amines) is 1. The van der Waals surface area contributed by atoms with Crippen LogP contribution in [0.15, 0.2) is 48.5 Å². The molecule has 44 heavy (non-hydrogen) atoms. The first-order valence-electron chi connectivity index (χ1n) is 15.8. The normalized spacial score (nSPS) is 24.7. The summed E-state index contributed by atoms with van der Waals surface area (Å²) in [7, 11) is 0. The van der Waals surface area contributed by atoms with Crippen LogP contribution in [-0.4, -0.2) is 73.2 Å². The van der Waals surface area contributed by atoms with Crippen molar-refractivity contribution in [3.05, 3.63) is 65.2 Å². The van der Waals surface area contributed by atoms with Crippen LogP contribution in [0.25, 0.3) is 0 Å². The Morgan fingerprint density at radius 1 is 0.977 bits per heavy atom. The number of ether oxygens (including phenoxy) is 4. The predicted molar refractivity (Wildman–Crippen MR) is 159 cm³/mol. The zero-order valence-electron chi connectivity index (χ0n) is 25.1. The van der Waals surface area contributed by atoms with Gasteiger partial charge in [0, 0.05) is 13.2 Å². The molecule has 5 atom stereocenters. The molecule has 10 heteroatoms. The topological polar surface area (TPSA) is 120 Å². The minimum absolute atomic E-state index is 0.0981. The standard InChI is InChI=1S/C34H40N2O8/c1-21(35-32(38)29-5-3-17-41-29)31(24-10-8-23(9-11-24)22-6-7-22)43-27-14-12-25(13-15-27)34(40)44-28-4-2-16-36(19-28)33(39)26-18-30(37)42-20-26/h8-15,21-22,26,28-29,31H,2-7,16-20H2,1H3,(H,35,38). The number of benzene rings is 2. The van der Waals surface area contributed by atoms with E-state index in [9.17, 15) is 19.2 Å². The van der Waals surface area contributed by atoms with Gasteiger partial charge in [-0.25, -0.2) is 4.79 Å². The van der Waals surface area contributed by atoms with Crippen LogP contribution in [0.5, 0.6) is 5.75 Å². The van der Waals surface area contributed by atoms with Gasteiger partial charge in [0.1, 0.15) is 30.7 Å². The van der Waals surface area contributed by atoms with Crippen molar-refractivity contribution < 1.29 is 38.1 Å². The number of amides is 2. The minimum Gasteiger partial charge on any atom is -0.484 e. The van der Waals surface area contributed by atoms with Crippen molar-refractivity contribution in [2.24, 2.45) is 5.92 Å². The van der Waals surface area contributed by atoms with Crippen LogP contribution in [-0.2, 0) is 28.6 Å². The van der Waals surface area contributed by atoms with Gasteiger partial charge in [0.2, 0.25) is 11.8 Å². The van der Waals surface area contributed by atoms with E-state index in [1.807, 2.05) is 6.92 Å². The summed E-state index contributed by atoms with van der Waals surface area (Å²) in [5.41, 5.74) is 2.64. The van der Waals surface area contributed by atoms with Crippen LogP contribution >= 0.6 is 0 Å². The Morgan fingerprint density at radius 3 is 2.41 bits per heavy atom. The smallest absolute Gasteiger partial charge is 0.338 e. The Labute approximate surface area is 257 Å². The number of carbonyl (C=O) groups is 4. The van der Waals surface area contributed by atoms with Crippen molar-refractivity contribution in [3.63, 3.8) is 0 Å². The maximum absolute atomic E-state index is 13.0. The van der Waals surface area contributed by atoms with E-state index in [0.717, 1.165) is 12.0 Å². The van der Waals surface area contributed by atoms with Gasteiger partial charge in [0.25, 0.3) is 0 Å². The second-order valence-electron chi connectivity index (χ2n) is 12.3. The molecule has 0 bridgehead atoms. The maximum atomic E-state index is 13.0. The number of nitrogens with zero attached hydrogens (tertiary/aromatic N) is 1. The first-order valence-corrected chi connectivity index (χ1v) is 15.8. The SMILES string of the molecule is CC(NC(=O)C1CCCO1)C(Oc1ccc(C(=O)OC2CCCN(C(=O)C3COC(=O)C3)C2)cc1)c1ccc(C2CC2)cc1. The Balaban J connectivity index is 1.08. The summed E-state index contributed by atoms with van der Waals surface area (Å²) in [6.07, 6.45) is 4.17. The number of piperidine rings is 1. The van der Waals surface area contributed by atoms with Crippen molar-refractivity contribution in [2.45, 2.75) is 82.1 Å². The molecule has 5 unspecified atom stereocenters. The second-order valence-corrected chi connectivity index (χ2v) is 12.3. The molecular weight excluding hydrogens is 564 g/mol. The monoisotopic (exact) mass is 604 g/mol. The fraction of sp³-hybridized carbons (Fsp3) is 0.529. The quantitative estimate of drug-likeness (QED) is 0.403. The van der Waals surface area contributed by atoms with Crippen LogP contribution in [0, 0.1) is 5.92 Å². The number of nitrogens with one attached hydrogen (secondary N) is 1. The van der Waals surface area contributed by atoms with E-state index in [2.05, 4.69) is 29.6 Å². The zero-order chi connectivity index (χ0) is 30.6. The summed E-state index contributed by atoms with van der Waals surface area (Å²) < 4.78 is 22.7. The lowest BCUT2D eigenvalue weighted by Gasteiger charge is -2.33.